The van der Waals surface area contributed by atoms with E-state index in [4.69, 9.17) is 4.74 Å². The number of rotatable bonds is 3. The van der Waals surface area contributed by atoms with Gasteiger partial charge in [0.1, 0.15) is 5.75 Å². The summed E-state index contributed by atoms with van der Waals surface area (Å²) in [5.41, 5.74) is 4.45. The zero-order chi connectivity index (χ0) is 15.8. The Hall–Kier alpha value is -1.18. The average molecular weight is 289 g/mol. The molecule has 2 rings (SSSR count). The molecule has 0 spiro atoms. The number of ether oxygens (including phenoxy) is 1. The highest BCUT2D eigenvalue weighted by Crippen LogP contribution is 2.46. The molecule has 0 aliphatic heterocycles. The van der Waals surface area contributed by atoms with E-state index in [1.165, 1.54) is 36.1 Å². The summed E-state index contributed by atoms with van der Waals surface area (Å²) in [6, 6.07) is 4.88. The van der Waals surface area contributed by atoms with Crippen molar-refractivity contribution in [1.82, 2.24) is 0 Å². The van der Waals surface area contributed by atoms with Crippen LogP contribution in [0.5, 0.6) is 5.75 Å². The van der Waals surface area contributed by atoms with Crippen molar-refractivity contribution in [1.29, 1.82) is 0 Å². The first-order chi connectivity index (χ1) is 9.63. The summed E-state index contributed by atoms with van der Waals surface area (Å²) in [6.45, 7) is 13.8. The van der Waals surface area contributed by atoms with Crippen molar-refractivity contribution >= 4 is 5.69 Å². The molecule has 0 heterocycles. The molecule has 0 unspecified atom stereocenters. The molecule has 0 amide bonds. The molecule has 21 heavy (non-hydrogen) atoms. The molecule has 0 saturated heterocycles. The van der Waals surface area contributed by atoms with Gasteiger partial charge in [0.25, 0.3) is 0 Å². The lowest BCUT2D eigenvalue weighted by Gasteiger charge is -2.45. The van der Waals surface area contributed by atoms with Crippen LogP contribution in [0, 0.1) is 24.7 Å². The van der Waals surface area contributed by atoms with Crippen LogP contribution >= 0.6 is 0 Å². The Labute approximate surface area is 130 Å². The largest absolute Gasteiger partial charge is 0.496 e. The van der Waals surface area contributed by atoms with Crippen LogP contribution < -0.4 is 10.1 Å². The first-order valence-electron chi connectivity index (χ1n) is 8.04. The fourth-order valence-corrected chi connectivity index (χ4v) is 4.47. The Morgan fingerprint density at radius 2 is 1.62 bits per heavy atom. The molecule has 1 aromatic carbocycles. The van der Waals surface area contributed by atoms with E-state index in [2.05, 4.69) is 59.0 Å². The third kappa shape index (κ3) is 3.72. The topological polar surface area (TPSA) is 21.3 Å². The highest BCUT2D eigenvalue weighted by Gasteiger charge is 2.38. The van der Waals surface area contributed by atoms with E-state index in [1.807, 2.05) is 0 Å². The first-order valence-corrected chi connectivity index (χ1v) is 8.04. The minimum atomic E-state index is 0.405. The molecule has 0 atom stereocenters. The number of anilines is 1. The van der Waals surface area contributed by atoms with Crippen LogP contribution in [0.4, 0.5) is 5.69 Å². The highest BCUT2D eigenvalue weighted by molar-refractivity contribution is 5.60. The molecule has 1 fully saturated rings. The molecule has 0 aromatic heterocycles. The van der Waals surface area contributed by atoms with Gasteiger partial charge in [0.15, 0.2) is 0 Å². The van der Waals surface area contributed by atoms with Crippen LogP contribution in [0.2, 0.25) is 0 Å². The van der Waals surface area contributed by atoms with Crippen LogP contribution in [0.25, 0.3) is 0 Å². The molecule has 2 nitrogen and oxygen atoms in total. The van der Waals surface area contributed by atoms with Crippen molar-refractivity contribution in [2.75, 3.05) is 12.4 Å². The molecular weight excluding hydrogens is 258 g/mol. The quantitative estimate of drug-likeness (QED) is 0.812. The van der Waals surface area contributed by atoms with Gasteiger partial charge >= 0.3 is 0 Å². The maximum Gasteiger partial charge on any atom is 0.126 e. The Balaban J connectivity index is 2.22. The Bertz CT molecular complexity index is 501. The van der Waals surface area contributed by atoms with E-state index in [1.54, 1.807) is 7.11 Å². The standard InChI is InChI=1S/C19H31NO/c1-13-8-9-16(14(2)17(13)21-7)20-15-10-18(3,4)12-19(5,6)11-15/h8-9,15,20H,10-12H2,1-7H3. The molecule has 1 aliphatic carbocycles. The molecule has 1 aliphatic rings. The summed E-state index contributed by atoms with van der Waals surface area (Å²) in [4.78, 5) is 0. The predicted molar refractivity (Wildman–Crippen MR) is 91.3 cm³/mol. The molecule has 0 bridgehead atoms. The van der Waals surface area contributed by atoms with Gasteiger partial charge in [-0.2, -0.15) is 0 Å². The van der Waals surface area contributed by atoms with Crippen molar-refractivity contribution in [2.45, 2.75) is 66.8 Å². The van der Waals surface area contributed by atoms with E-state index < -0.39 is 0 Å². The minimum Gasteiger partial charge on any atom is -0.496 e. The number of methoxy groups -OCH3 is 1. The van der Waals surface area contributed by atoms with Gasteiger partial charge in [0, 0.05) is 17.3 Å². The monoisotopic (exact) mass is 289 g/mol. The van der Waals surface area contributed by atoms with Gasteiger partial charge < -0.3 is 10.1 Å². The van der Waals surface area contributed by atoms with Crippen LogP contribution in [0.15, 0.2) is 12.1 Å². The molecule has 118 valence electrons. The van der Waals surface area contributed by atoms with Gasteiger partial charge in [-0.15, -0.1) is 0 Å². The van der Waals surface area contributed by atoms with Crippen molar-refractivity contribution in [3.05, 3.63) is 23.3 Å². The third-order valence-corrected chi connectivity index (χ3v) is 4.72. The van der Waals surface area contributed by atoms with Gasteiger partial charge in [-0.05, 0) is 55.6 Å². The maximum absolute atomic E-state index is 5.55. The molecular formula is C19H31NO. The number of nitrogens with one attached hydrogen (secondary N) is 1. The van der Waals surface area contributed by atoms with Gasteiger partial charge in [-0.1, -0.05) is 33.8 Å². The van der Waals surface area contributed by atoms with Crippen molar-refractivity contribution in [2.24, 2.45) is 10.8 Å². The van der Waals surface area contributed by atoms with Gasteiger partial charge in [0.2, 0.25) is 0 Å². The van der Waals surface area contributed by atoms with Gasteiger partial charge in [-0.3, -0.25) is 0 Å². The zero-order valence-electron chi connectivity index (χ0n) is 14.8. The van der Waals surface area contributed by atoms with Gasteiger partial charge in [0.05, 0.1) is 7.11 Å². The highest BCUT2D eigenvalue weighted by atomic mass is 16.5. The Morgan fingerprint density at radius 3 is 2.14 bits per heavy atom. The molecule has 0 radical (unpaired) electrons. The summed E-state index contributed by atoms with van der Waals surface area (Å²) in [7, 11) is 1.76. The lowest BCUT2D eigenvalue weighted by atomic mass is 9.63. The second kappa shape index (κ2) is 5.55. The summed E-state index contributed by atoms with van der Waals surface area (Å²) < 4.78 is 5.55. The van der Waals surface area contributed by atoms with Gasteiger partial charge in [-0.25, -0.2) is 0 Å². The summed E-state index contributed by atoms with van der Waals surface area (Å²) >= 11 is 0. The van der Waals surface area contributed by atoms with E-state index >= 15 is 0 Å². The Morgan fingerprint density at radius 1 is 1.05 bits per heavy atom. The summed E-state index contributed by atoms with van der Waals surface area (Å²) in [5, 5.41) is 3.78. The SMILES string of the molecule is COc1c(C)ccc(NC2CC(C)(C)CC(C)(C)C2)c1C. The lowest BCUT2D eigenvalue weighted by molar-refractivity contribution is 0.105. The van der Waals surface area contributed by atoms with Crippen LogP contribution in [0.3, 0.4) is 0 Å². The second-order valence-corrected chi connectivity index (χ2v) is 8.34. The average Bonchev–Trinajstić information content (AvgIpc) is 2.29. The minimum absolute atomic E-state index is 0.405. The number of benzene rings is 1. The van der Waals surface area contributed by atoms with E-state index in [-0.39, 0.29) is 0 Å². The van der Waals surface area contributed by atoms with E-state index in [0.717, 1.165) is 5.75 Å². The van der Waals surface area contributed by atoms with Crippen molar-refractivity contribution in [3.63, 3.8) is 0 Å². The normalized spacial score (nSPS) is 21.1. The predicted octanol–water partition coefficient (Wildman–Crippen LogP) is 5.33. The fourth-order valence-electron chi connectivity index (χ4n) is 4.47. The smallest absolute Gasteiger partial charge is 0.126 e. The van der Waals surface area contributed by atoms with Crippen molar-refractivity contribution < 1.29 is 4.74 Å². The van der Waals surface area contributed by atoms with Crippen molar-refractivity contribution in [3.8, 4) is 5.75 Å². The zero-order valence-corrected chi connectivity index (χ0v) is 14.8. The first kappa shape index (κ1) is 16.2. The molecule has 2 heteroatoms. The van der Waals surface area contributed by atoms with Crippen LogP contribution in [-0.4, -0.2) is 13.2 Å². The number of hydrogen-bond donors (Lipinski definition) is 1. The molecule has 1 N–H and O–H groups in total. The Kier molecular flexibility index (Phi) is 4.28. The molecule has 1 saturated carbocycles. The fraction of sp³-hybridized carbons (Fsp3) is 0.684. The van der Waals surface area contributed by atoms with E-state index in [9.17, 15) is 0 Å². The summed E-state index contributed by atoms with van der Waals surface area (Å²) in [5.74, 6) is 1.01. The number of hydrogen-bond acceptors (Lipinski definition) is 2. The molecule has 1 aromatic rings. The maximum atomic E-state index is 5.55. The third-order valence-electron chi connectivity index (χ3n) is 4.72. The van der Waals surface area contributed by atoms with Crippen LogP contribution in [0.1, 0.15) is 58.1 Å². The van der Waals surface area contributed by atoms with Crippen LogP contribution in [-0.2, 0) is 0 Å². The second-order valence-electron chi connectivity index (χ2n) is 8.34. The number of aryl methyl sites for hydroxylation is 1. The lowest BCUT2D eigenvalue weighted by Crippen LogP contribution is -2.40. The summed E-state index contributed by atoms with van der Waals surface area (Å²) in [6.07, 6.45) is 3.76. The van der Waals surface area contributed by atoms with E-state index in [0.29, 0.717) is 16.9 Å².